The molecule has 0 aromatic carbocycles. The summed E-state index contributed by atoms with van der Waals surface area (Å²) >= 11 is 0. The average Bonchev–Trinajstić information content (AvgIpc) is 2.71. The van der Waals surface area contributed by atoms with Gasteiger partial charge in [-0.1, -0.05) is 19.3 Å². The fourth-order valence-corrected chi connectivity index (χ4v) is 12.4. The van der Waals surface area contributed by atoms with Crippen molar-refractivity contribution in [2.45, 2.75) is 93.8 Å². The third-order valence-corrected chi connectivity index (χ3v) is 14.7. The molecule has 5 aliphatic carbocycles. The van der Waals surface area contributed by atoms with Gasteiger partial charge < -0.3 is 4.74 Å². The summed E-state index contributed by atoms with van der Waals surface area (Å²) in [5.74, 6) is -0.778. The normalized spacial score (nSPS) is 37.1. The van der Waals surface area contributed by atoms with E-state index in [1.54, 1.807) is 6.92 Å². The number of hydrogen-bond acceptors (Lipinski definition) is 7. The molecule has 5 rings (SSSR count). The highest BCUT2D eigenvalue weighted by atomic mass is 32.3. The Kier molecular flexibility index (Phi) is 5.88. The van der Waals surface area contributed by atoms with Gasteiger partial charge in [0.1, 0.15) is 0 Å². The Balaban J connectivity index is 1.79. The highest BCUT2D eigenvalue weighted by Gasteiger charge is 2.69. The van der Waals surface area contributed by atoms with Crippen LogP contribution in [0.15, 0.2) is 0 Å². The van der Waals surface area contributed by atoms with Gasteiger partial charge in [-0.15, -0.1) is 0 Å². The molecule has 32 heavy (non-hydrogen) atoms. The molecule has 4 bridgehead atoms. The second-order valence-electron chi connectivity index (χ2n) is 11.1. The van der Waals surface area contributed by atoms with Crippen LogP contribution in [-0.4, -0.2) is 50.8 Å². The Morgan fingerprint density at radius 1 is 0.938 bits per heavy atom. The number of ether oxygens (including phenoxy) is 1. The van der Waals surface area contributed by atoms with Crippen LogP contribution >= 0.6 is 0 Å². The fourth-order valence-electron chi connectivity index (χ4n) is 7.73. The Labute approximate surface area is 191 Å². The van der Waals surface area contributed by atoms with Gasteiger partial charge in [0.25, 0.3) is 0 Å². The smallest absolute Gasteiger partial charge is 0.312 e. The first kappa shape index (κ1) is 24.2. The summed E-state index contributed by atoms with van der Waals surface area (Å²) in [6.45, 7) is 3.12. The van der Waals surface area contributed by atoms with Crippen molar-refractivity contribution >= 4 is 31.4 Å². The molecule has 7 nitrogen and oxygen atoms in total. The maximum absolute atomic E-state index is 14.3. The van der Waals surface area contributed by atoms with Crippen LogP contribution in [0.5, 0.6) is 0 Å². The highest BCUT2D eigenvalue weighted by Crippen LogP contribution is 2.67. The standard InChI is InChI=1S/C23H36O7S2/c1-4-30-20(25)23-13-16-10-17(14-23)12-22(11-16,15-23)19(24)21(2,31(3,26)27)32(28,29)18-8-6-5-7-9-18/h16-18H,4-15H2,1-3H3. The van der Waals surface area contributed by atoms with Crippen LogP contribution in [0.3, 0.4) is 0 Å². The van der Waals surface area contributed by atoms with E-state index in [4.69, 9.17) is 4.74 Å². The topological polar surface area (TPSA) is 112 Å². The summed E-state index contributed by atoms with van der Waals surface area (Å²) in [5.41, 5.74) is -1.90. The third kappa shape index (κ3) is 3.39. The predicted molar refractivity (Wildman–Crippen MR) is 120 cm³/mol. The van der Waals surface area contributed by atoms with E-state index in [0.717, 1.165) is 38.9 Å². The minimum absolute atomic E-state index is 0.116. The zero-order valence-electron chi connectivity index (χ0n) is 19.4. The third-order valence-electron chi connectivity index (χ3n) is 8.91. The van der Waals surface area contributed by atoms with E-state index in [9.17, 15) is 26.4 Å². The molecule has 9 heteroatoms. The molecule has 0 aromatic heterocycles. The maximum atomic E-state index is 14.3. The van der Waals surface area contributed by atoms with Crippen LogP contribution in [0, 0.1) is 22.7 Å². The lowest BCUT2D eigenvalue weighted by Crippen LogP contribution is -2.65. The van der Waals surface area contributed by atoms with Gasteiger partial charge in [0.2, 0.25) is 4.08 Å². The molecular weight excluding hydrogens is 452 g/mol. The lowest BCUT2D eigenvalue weighted by Gasteiger charge is -2.61. The minimum atomic E-state index is -4.28. The largest absolute Gasteiger partial charge is 0.466 e. The number of Topliss-reactive ketones (excluding diaryl/α,β-unsaturated/α-hetero) is 1. The molecule has 0 amide bonds. The van der Waals surface area contributed by atoms with Gasteiger partial charge in [0, 0.05) is 11.7 Å². The van der Waals surface area contributed by atoms with E-state index in [1.165, 1.54) is 0 Å². The monoisotopic (exact) mass is 488 g/mol. The Morgan fingerprint density at radius 3 is 1.97 bits per heavy atom. The Hall–Kier alpha value is -0.960. The molecule has 0 saturated heterocycles. The van der Waals surface area contributed by atoms with Crippen molar-refractivity contribution in [1.82, 2.24) is 0 Å². The summed E-state index contributed by atoms with van der Waals surface area (Å²) < 4.78 is 56.7. The SMILES string of the molecule is CCOC(=O)C12CC3CC(C1)CC(C(=O)C(C)(S(C)(=O)=O)S(=O)(=O)C1CCCCC1)(C3)C2. The zero-order valence-corrected chi connectivity index (χ0v) is 21.0. The maximum Gasteiger partial charge on any atom is 0.312 e. The quantitative estimate of drug-likeness (QED) is 0.506. The van der Waals surface area contributed by atoms with E-state index in [0.29, 0.717) is 38.5 Å². The molecule has 0 aliphatic heterocycles. The van der Waals surface area contributed by atoms with Gasteiger partial charge in [0.05, 0.1) is 17.3 Å². The lowest BCUT2D eigenvalue weighted by molar-refractivity contribution is -0.183. The van der Waals surface area contributed by atoms with E-state index < -0.39 is 45.6 Å². The first-order valence-corrected chi connectivity index (χ1v) is 15.4. The minimum Gasteiger partial charge on any atom is -0.466 e. The van der Waals surface area contributed by atoms with E-state index in [-0.39, 0.29) is 30.8 Å². The van der Waals surface area contributed by atoms with E-state index >= 15 is 0 Å². The molecule has 0 aromatic rings. The first-order valence-electron chi connectivity index (χ1n) is 12.0. The summed E-state index contributed by atoms with van der Waals surface area (Å²) in [4.78, 5) is 27.2. The van der Waals surface area contributed by atoms with Crippen molar-refractivity contribution in [3.8, 4) is 0 Å². The van der Waals surface area contributed by atoms with Crippen LogP contribution < -0.4 is 0 Å². The fraction of sp³-hybridized carbons (Fsp3) is 0.913. The van der Waals surface area contributed by atoms with E-state index in [1.807, 2.05) is 0 Å². The van der Waals surface area contributed by atoms with Crippen LogP contribution in [0.1, 0.15) is 84.5 Å². The molecule has 3 atom stereocenters. The van der Waals surface area contributed by atoms with Crippen molar-refractivity contribution in [2.24, 2.45) is 22.7 Å². The second kappa shape index (κ2) is 7.79. The first-order chi connectivity index (χ1) is 14.8. The van der Waals surface area contributed by atoms with Gasteiger partial charge in [-0.2, -0.15) is 0 Å². The number of carbonyl (C=O) groups excluding carboxylic acids is 2. The van der Waals surface area contributed by atoms with Crippen LogP contribution in [0.4, 0.5) is 0 Å². The van der Waals surface area contributed by atoms with Crippen LogP contribution in [0.25, 0.3) is 0 Å². The second-order valence-corrected chi connectivity index (χ2v) is 16.3. The molecule has 0 radical (unpaired) electrons. The average molecular weight is 489 g/mol. The Bertz CT molecular complexity index is 993. The Morgan fingerprint density at radius 2 is 1.47 bits per heavy atom. The van der Waals surface area contributed by atoms with Crippen LogP contribution in [0.2, 0.25) is 0 Å². The molecule has 182 valence electrons. The molecule has 0 spiro atoms. The van der Waals surface area contributed by atoms with Crippen LogP contribution in [-0.2, 0) is 34.0 Å². The number of carbonyl (C=O) groups is 2. The number of hydrogen-bond donors (Lipinski definition) is 0. The molecule has 5 saturated carbocycles. The summed E-state index contributed by atoms with van der Waals surface area (Å²) in [5, 5.41) is -0.812. The van der Waals surface area contributed by atoms with Crippen molar-refractivity contribution in [3.63, 3.8) is 0 Å². The van der Waals surface area contributed by atoms with Gasteiger partial charge in [-0.3, -0.25) is 9.59 Å². The molecule has 0 heterocycles. The van der Waals surface area contributed by atoms with Crippen molar-refractivity contribution in [2.75, 3.05) is 12.9 Å². The summed E-state index contributed by atoms with van der Waals surface area (Å²) in [6, 6.07) is 0. The summed E-state index contributed by atoms with van der Waals surface area (Å²) in [6.07, 6.45) is 7.36. The summed E-state index contributed by atoms with van der Waals surface area (Å²) in [7, 11) is -8.55. The van der Waals surface area contributed by atoms with E-state index in [2.05, 4.69) is 0 Å². The van der Waals surface area contributed by atoms with Crippen molar-refractivity contribution in [3.05, 3.63) is 0 Å². The number of esters is 1. The van der Waals surface area contributed by atoms with Gasteiger partial charge in [0.15, 0.2) is 25.5 Å². The van der Waals surface area contributed by atoms with Crippen molar-refractivity contribution < 1.29 is 31.2 Å². The molecule has 5 fully saturated rings. The highest BCUT2D eigenvalue weighted by molar-refractivity contribution is 8.11. The van der Waals surface area contributed by atoms with Crippen molar-refractivity contribution in [1.29, 1.82) is 0 Å². The zero-order chi connectivity index (χ0) is 23.6. The number of rotatable bonds is 7. The van der Waals surface area contributed by atoms with Gasteiger partial charge >= 0.3 is 5.97 Å². The molecule has 0 N–H and O–H groups in total. The number of ketones is 1. The molecule has 5 aliphatic rings. The van der Waals surface area contributed by atoms with Gasteiger partial charge in [-0.25, -0.2) is 16.8 Å². The molecule has 3 unspecified atom stereocenters. The predicted octanol–water partition coefficient (Wildman–Crippen LogP) is 3.21. The van der Waals surface area contributed by atoms with Gasteiger partial charge in [-0.05, 0) is 77.0 Å². The molecular formula is C23H36O7S2. The lowest BCUT2D eigenvalue weighted by atomic mass is 9.43. The number of sulfone groups is 2.